The first-order valence-electron chi connectivity index (χ1n) is 9.44. The molecule has 1 N–H and O–H groups in total. The van der Waals surface area contributed by atoms with Gasteiger partial charge in [-0.3, -0.25) is 9.78 Å². The van der Waals surface area contributed by atoms with E-state index in [-0.39, 0.29) is 10.8 Å². The molecule has 6 heteroatoms. The Morgan fingerprint density at radius 2 is 1.81 bits per heavy atom. The Balaban J connectivity index is 1.52. The van der Waals surface area contributed by atoms with Gasteiger partial charge in [-0.1, -0.05) is 43.9 Å². The van der Waals surface area contributed by atoms with E-state index in [2.05, 4.69) is 10.3 Å². The molecule has 0 spiro atoms. The number of hydrogen-bond acceptors (Lipinski definition) is 4. The topological polar surface area (TPSA) is 76.1 Å². The van der Waals surface area contributed by atoms with Gasteiger partial charge in [0.2, 0.25) is 5.91 Å². The molecule has 1 aliphatic carbocycles. The lowest BCUT2D eigenvalue weighted by molar-refractivity contribution is -0.120. The number of nitrogens with one attached hydrogen (secondary N) is 1. The number of rotatable bonds is 7. The van der Waals surface area contributed by atoms with Crippen LogP contribution in [0.1, 0.15) is 37.7 Å². The van der Waals surface area contributed by atoms with Crippen LogP contribution in [0.5, 0.6) is 0 Å². The maximum absolute atomic E-state index is 12.1. The fraction of sp³-hybridized carbons (Fsp3) is 0.429. The van der Waals surface area contributed by atoms with Crippen molar-refractivity contribution in [2.45, 2.75) is 43.4 Å². The van der Waals surface area contributed by atoms with Gasteiger partial charge in [-0.25, -0.2) is 8.42 Å². The summed E-state index contributed by atoms with van der Waals surface area (Å²) >= 11 is 0. The molecule has 1 fully saturated rings. The fourth-order valence-electron chi connectivity index (χ4n) is 3.54. The number of pyridine rings is 1. The summed E-state index contributed by atoms with van der Waals surface area (Å²) in [6, 6.07) is 10.4. The van der Waals surface area contributed by atoms with E-state index in [4.69, 9.17) is 0 Å². The van der Waals surface area contributed by atoms with E-state index >= 15 is 0 Å². The average Bonchev–Trinajstić information content (AvgIpc) is 3.15. The zero-order valence-corrected chi connectivity index (χ0v) is 16.5. The van der Waals surface area contributed by atoms with Crippen molar-refractivity contribution < 1.29 is 13.2 Å². The molecule has 1 aromatic heterocycles. The lowest BCUT2D eigenvalue weighted by Crippen LogP contribution is -2.27. The van der Waals surface area contributed by atoms with Crippen molar-refractivity contribution in [3.63, 3.8) is 0 Å². The Morgan fingerprint density at radius 3 is 2.41 bits per heavy atom. The fourth-order valence-corrected chi connectivity index (χ4v) is 4.17. The first-order chi connectivity index (χ1) is 12.9. The molecule has 1 saturated carbocycles. The van der Waals surface area contributed by atoms with Gasteiger partial charge in [0.25, 0.3) is 0 Å². The van der Waals surface area contributed by atoms with E-state index < -0.39 is 9.84 Å². The van der Waals surface area contributed by atoms with E-state index in [1.165, 1.54) is 31.9 Å². The Hall–Kier alpha value is -2.21. The van der Waals surface area contributed by atoms with Crippen molar-refractivity contribution in [2.24, 2.45) is 5.92 Å². The van der Waals surface area contributed by atoms with Crippen LogP contribution in [-0.4, -0.2) is 32.1 Å². The average molecular weight is 387 g/mol. The predicted octanol–water partition coefficient (Wildman–Crippen LogP) is 3.39. The van der Waals surface area contributed by atoms with Crippen LogP contribution in [0.15, 0.2) is 47.5 Å². The lowest BCUT2D eigenvalue weighted by Gasteiger charge is -2.10. The minimum atomic E-state index is -3.20. The van der Waals surface area contributed by atoms with Crippen molar-refractivity contribution in [3.05, 3.63) is 48.2 Å². The van der Waals surface area contributed by atoms with Crippen LogP contribution in [0.4, 0.5) is 0 Å². The molecule has 0 unspecified atom stereocenters. The highest BCUT2D eigenvalue weighted by molar-refractivity contribution is 7.90. The molecule has 5 nitrogen and oxygen atoms in total. The molecule has 0 radical (unpaired) electrons. The van der Waals surface area contributed by atoms with Crippen molar-refractivity contribution >= 4 is 15.7 Å². The second-order valence-electron chi connectivity index (χ2n) is 7.31. The van der Waals surface area contributed by atoms with Gasteiger partial charge in [-0.2, -0.15) is 0 Å². The molecule has 2 aromatic rings. The molecule has 1 heterocycles. The Bertz CT molecular complexity index is 869. The standard InChI is InChI=1S/C21H26N2O3S/c1-27(25,26)19-9-7-18(8-10-19)20-11-6-17(15-23-20)14-21(24)22-13-12-16-4-2-3-5-16/h6-11,15-16H,2-5,12-14H2,1H3,(H,22,24). The van der Waals surface area contributed by atoms with Crippen molar-refractivity contribution in [2.75, 3.05) is 12.8 Å². The van der Waals surface area contributed by atoms with Gasteiger partial charge >= 0.3 is 0 Å². The third-order valence-corrected chi connectivity index (χ3v) is 6.25. The second-order valence-corrected chi connectivity index (χ2v) is 9.33. The number of carbonyl (C=O) groups is 1. The molecule has 0 bridgehead atoms. The zero-order chi connectivity index (χ0) is 19.3. The summed E-state index contributed by atoms with van der Waals surface area (Å²) in [7, 11) is -3.20. The number of aromatic nitrogens is 1. The van der Waals surface area contributed by atoms with Crippen molar-refractivity contribution in [3.8, 4) is 11.3 Å². The molecule has 3 rings (SSSR count). The van der Waals surface area contributed by atoms with E-state index in [0.29, 0.717) is 6.42 Å². The van der Waals surface area contributed by atoms with Gasteiger partial charge in [0, 0.05) is 24.6 Å². The van der Waals surface area contributed by atoms with Gasteiger partial charge in [0.1, 0.15) is 0 Å². The third kappa shape index (κ3) is 5.63. The van der Waals surface area contributed by atoms with E-state index in [1.54, 1.807) is 30.5 Å². The first kappa shape index (κ1) is 19.5. The molecule has 0 saturated heterocycles. The first-order valence-corrected chi connectivity index (χ1v) is 11.3. The number of nitrogens with zero attached hydrogens (tertiary/aromatic N) is 1. The van der Waals surface area contributed by atoms with Crippen molar-refractivity contribution in [1.29, 1.82) is 0 Å². The summed E-state index contributed by atoms with van der Waals surface area (Å²) in [5.74, 6) is 0.806. The molecule has 1 amide bonds. The number of carbonyl (C=O) groups excluding carboxylic acids is 1. The minimum absolute atomic E-state index is 0.0278. The highest BCUT2D eigenvalue weighted by Gasteiger charge is 2.15. The Morgan fingerprint density at radius 1 is 1.11 bits per heavy atom. The van der Waals surface area contributed by atoms with Gasteiger partial charge in [-0.15, -0.1) is 0 Å². The number of hydrogen-bond donors (Lipinski definition) is 1. The normalized spacial score (nSPS) is 15.0. The maximum Gasteiger partial charge on any atom is 0.224 e. The summed E-state index contributed by atoms with van der Waals surface area (Å²) in [5, 5.41) is 3.00. The highest BCUT2D eigenvalue weighted by atomic mass is 32.2. The van der Waals surface area contributed by atoms with Crippen LogP contribution in [0.2, 0.25) is 0 Å². The van der Waals surface area contributed by atoms with E-state index in [9.17, 15) is 13.2 Å². The predicted molar refractivity (Wildman–Crippen MR) is 106 cm³/mol. The van der Waals surface area contributed by atoms with Crippen LogP contribution in [-0.2, 0) is 21.1 Å². The summed E-state index contributed by atoms with van der Waals surface area (Å²) in [6.45, 7) is 0.752. The lowest BCUT2D eigenvalue weighted by atomic mass is 10.0. The van der Waals surface area contributed by atoms with Gasteiger partial charge in [-0.05, 0) is 36.1 Å². The smallest absolute Gasteiger partial charge is 0.224 e. The molecule has 1 aromatic carbocycles. The Kier molecular flexibility index (Phi) is 6.26. The highest BCUT2D eigenvalue weighted by Crippen LogP contribution is 2.26. The summed E-state index contributed by atoms with van der Waals surface area (Å²) in [5.41, 5.74) is 2.46. The van der Waals surface area contributed by atoms with E-state index in [1.807, 2.05) is 12.1 Å². The van der Waals surface area contributed by atoms with Crippen LogP contribution in [0.25, 0.3) is 11.3 Å². The number of amides is 1. The quantitative estimate of drug-likeness (QED) is 0.791. The summed E-state index contributed by atoms with van der Waals surface area (Å²) in [4.78, 5) is 16.8. The zero-order valence-electron chi connectivity index (χ0n) is 15.6. The largest absolute Gasteiger partial charge is 0.356 e. The number of sulfone groups is 1. The van der Waals surface area contributed by atoms with Gasteiger partial charge < -0.3 is 5.32 Å². The van der Waals surface area contributed by atoms with Crippen molar-refractivity contribution in [1.82, 2.24) is 10.3 Å². The SMILES string of the molecule is CS(=O)(=O)c1ccc(-c2ccc(CC(=O)NCCC3CCCC3)cn2)cc1. The second kappa shape index (κ2) is 8.65. The molecule has 144 valence electrons. The molecule has 1 aliphatic rings. The van der Waals surface area contributed by atoms with Crippen LogP contribution < -0.4 is 5.32 Å². The summed E-state index contributed by atoms with van der Waals surface area (Å²) in [6.07, 6.45) is 9.54. The molecule has 0 atom stereocenters. The van der Waals surface area contributed by atoms with Gasteiger partial charge in [0.05, 0.1) is 17.0 Å². The summed E-state index contributed by atoms with van der Waals surface area (Å²) < 4.78 is 23.0. The third-order valence-electron chi connectivity index (χ3n) is 5.12. The van der Waals surface area contributed by atoms with Gasteiger partial charge in [0.15, 0.2) is 9.84 Å². The number of benzene rings is 1. The van der Waals surface area contributed by atoms with Crippen LogP contribution in [0, 0.1) is 5.92 Å². The maximum atomic E-state index is 12.1. The Labute approximate surface area is 161 Å². The molecular formula is C21H26N2O3S. The monoisotopic (exact) mass is 386 g/mol. The van der Waals surface area contributed by atoms with Crippen LogP contribution >= 0.6 is 0 Å². The van der Waals surface area contributed by atoms with E-state index in [0.717, 1.165) is 35.7 Å². The van der Waals surface area contributed by atoms with Crippen LogP contribution in [0.3, 0.4) is 0 Å². The minimum Gasteiger partial charge on any atom is -0.356 e. The molecular weight excluding hydrogens is 360 g/mol. The molecule has 27 heavy (non-hydrogen) atoms. The molecule has 0 aliphatic heterocycles.